The van der Waals surface area contributed by atoms with Gasteiger partial charge in [-0.25, -0.2) is 0 Å². The van der Waals surface area contributed by atoms with Crippen molar-refractivity contribution in [3.63, 3.8) is 0 Å². The van der Waals surface area contributed by atoms with Crippen LogP contribution in [0.5, 0.6) is 0 Å². The van der Waals surface area contributed by atoms with Crippen LogP contribution >= 0.6 is 15.9 Å². The number of amides is 2. The number of rotatable bonds is 8. The van der Waals surface area contributed by atoms with Crippen molar-refractivity contribution in [3.05, 3.63) is 62.6 Å². The standard InChI is InChI=1S/C19H21BrN4O4/c1-13-11-14(20)3-8-17(13)22-19(26)12-23(2)10-9-18(25)21-15-4-6-16(7-5-15)24(27)28/h3-8,11H,9-10,12H2,1-2H3,(H,21,25)(H,22,26). The Bertz CT molecular complexity index is 871. The van der Waals surface area contributed by atoms with E-state index in [0.717, 1.165) is 15.7 Å². The third-order valence-electron chi connectivity index (χ3n) is 3.96. The summed E-state index contributed by atoms with van der Waals surface area (Å²) in [4.78, 5) is 36.1. The molecule has 148 valence electrons. The highest BCUT2D eigenvalue weighted by Crippen LogP contribution is 2.20. The maximum atomic E-state index is 12.2. The fourth-order valence-electron chi connectivity index (χ4n) is 2.46. The molecule has 0 spiro atoms. The number of likely N-dealkylation sites (N-methyl/N-ethyl adjacent to an activating group) is 1. The number of hydrogen-bond acceptors (Lipinski definition) is 5. The molecule has 2 amide bonds. The van der Waals surface area contributed by atoms with Gasteiger partial charge in [0.25, 0.3) is 5.69 Å². The Hall–Kier alpha value is -2.78. The molecular formula is C19H21BrN4O4. The number of carbonyl (C=O) groups excluding carboxylic acids is 2. The number of nitro groups is 1. The largest absolute Gasteiger partial charge is 0.326 e. The molecule has 0 saturated carbocycles. The molecule has 0 heterocycles. The SMILES string of the molecule is Cc1cc(Br)ccc1NC(=O)CN(C)CCC(=O)Nc1ccc([N+](=O)[O-])cc1. The highest BCUT2D eigenvalue weighted by Gasteiger charge is 2.11. The monoisotopic (exact) mass is 448 g/mol. The van der Waals surface area contributed by atoms with Crippen molar-refractivity contribution < 1.29 is 14.5 Å². The van der Waals surface area contributed by atoms with Gasteiger partial charge in [0, 0.05) is 40.9 Å². The lowest BCUT2D eigenvalue weighted by Crippen LogP contribution is -2.32. The molecule has 2 rings (SSSR count). The number of anilines is 2. The number of carbonyl (C=O) groups is 2. The molecule has 0 radical (unpaired) electrons. The van der Waals surface area contributed by atoms with Crippen LogP contribution in [0.2, 0.25) is 0 Å². The van der Waals surface area contributed by atoms with E-state index in [1.165, 1.54) is 24.3 Å². The second kappa shape index (κ2) is 9.95. The minimum atomic E-state index is -0.499. The normalized spacial score (nSPS) is 10.6. The van der Waals surface area contributed by atoms with Crippen LogP contribution in [-0.4, -0.2) is 41.8 Å². The minimum Gasteiger partial charge on any atom is -0.326 e. The Balaban J connectivity index is 1.76. The summed E-state index contributed by atoms with van der Waals surface area (Å²) in [5.74, 6) is -0.395. The van der Waals surface area contributed by atoms with Crippen LogP contribution in [0.3, 0.4) is 0 Å². The summed E-state index contributed by atoms with van der Waals surface area (Å²) < 4.78 is 0.944. The maximum absolute atomic E-state index is 12.2. The van der Waals surface area contributed by atoms with Crippen molar-refractivity contribution >= 4 is 44.8 Å². The van der Waals surface area contributed by atoms with Crippen molar-refractivity contribution in [1.29, 1.82) is 0 Å². The zero-order valence-electron chi connectivity index (χ0n) is 15.6. The van der Waals surface area contributed by atoms with Gasteiger partial charge in [-0.3, -0.25) is 24.6 Å². The molecule has 2 N–H and O–H groups in total. The first-order chi connectivity index (χ1) is 13.2. The molecule has 9 heteroatoms. The van der Waals surface area contributed by atoms with Gasteiger partial charge in [-0.2, -0.15) is 0 Å². The summed E-state index contributed by atoms with van der Waals surface area (Å²) in [6.45, 7) is 2.46. The summed E-state index contributed by atoms with van der Waals surface area (Å²) in [5, 5.41) is 16.2. The number of hydrogen-bond donors (Lipinski definition) is 2. The van der Waals surface area contributed by atoms with E-state index in [0.29, 0.717) is 12.2 Å². The third-order valence-corrected chi connectivity index (χ3v) is 4.45. The first-order valence-electron chi connectivity index (χ1n) is 8.53. The summed E-state index contributed by atoms with van der Waals surface area (Å²) in [6, 6.07) is 11.2. The molecule has 0 aliphatic heterocycles. The summed E-state index contributed by atoms with van der Waals surface area (Å²) in [6.07, 6.45) is 0.193. The number of nitro benzene ring substituents is 1. The number of non-ortho nitro benzene ring substituents is 1. The zero-order valence-corrected chi connectivity index (χ0v) is 17.2. The summed E-state index contributed by atoms with van der Waals surface area (Å²) in [5.41, 5.74) is 2.15. The third kappa shape index (κ3) is 6.75. The van der Waals surface area contributed by atoms with Gasteiger partial charge < -0.3 is 10.6 Å². The quantitative estimate of drug-likeness (QED) is 0.474. The number of nitrogens with one attached hydrogen (secondary N) is 2. The zero-order chi connectivity index (χ0) is 20.7. The van der Waals surface area contributed by atoms with E-state index in [-0.39, 0.29) is 30.5 Å². The fourth-order valence-corrected chi connectivity index (χ4v) is 2.94. The molecule has 0 saturated heterocycles. The van der Waals surface area contributed by atoms with Crippen molar-refractivity contribution in [2.45, 2.75) is 13.3 Å². The lowest BCUT2D eigenvalue weighted by Gasteiger charge is -2.16. The van der Waals surface area contributed by atoms with Crippen LogP contribution < -0.4 is 10.6 Å². The lowest BCUT2D eigenvalue weighted by molar-refractivity contribution is -0.384. The van der Waals surface area contributed by atoms with E-state index in [4.69, 9.17) is 0 Å². The Morgan fingerprint density at radius 2 is 1.79 bits per heavy atom. The molecule has 0 aliphatic carbocycles. The number of halogens is 1. The maximum Gasteiger partial charge on any atom is 0.269 e. The molecule has 0 aromatic heterocycles. The predicted molar refractivity (Wildman–Crippen MR) is 111 cm³/mol. The van der Waals surface area contributed by atoms with E-state index >= 15 is 0 Å². The fraction of sp³-hybridized carbons (Fsp3) is 0.263. The number of nitrogens with zero attached hydrogens (tertiary/aromatic N) is 2. The average molecular weight is 449 g/mol. The molecule has 0 bridgehead atoms. The second-order valence-electron chi connectivity index (χ2n) is 6.35. The van der Waals surface area contributed by atoms with Gasteiger partial charge in [-0.05, 0) is 49.9 Å². The minimum absolute atomic E-state index is 0.0373. The second-order valence-corrected chi connectivity index (χ2v) is 7.26. The van der Waals surface area contributed by atoms with Crippen molar-refractivity contribution in [3.8, 4) is 0 Å². The molecule has 0 fully saturated rings. The Morgan fingerprint density at radius 1 is 1.11 bits per heavy atom. The van der Waals surface area contributed by atoms with Crippen LogP contribution in [0.4, 0.5) is 17.1 Å². The molecular weight excluding hydrogens is 428 g/mol. The van der Waals surface area contributed by atoms with Gasteiger partial charge in [0.15, 0.2) is 0 Å². The van der Waals surface area contributed by atoms with Gasteiger partial charge >= 0.3 is 0 Å². The van der Waals surface area contributed by atoms with E-state index in [1.807, 2.05) is 25.1 Å². The van der Waals surface area contributed by atoms with Gasteiger partial charge in [-0.1, -0.05) is 15.9 Å². The first-order valence-corrected chi connectivity index (χ1v) is 9.33. The Morgan fingerprint density at radius 3 is 2.39 bits per heavy atom. The van der Waals surface area contributed by atoms with Crippen LogP contribution in [0.1, 0.15) is 12.0 Å². The van der Waals surface area contributed by atoms with Crippen molar-refractivity contribution in [2.24, 2.45) is 0 Å². The van der Waals surface area contributed by atoms with Crippen LogP contribution in [0.15, 0.2) is 46.9 Å². The molecule has 0 atom stereocenters. The predicted octanol–water partition coefficient (Wildman–Crippen LogP) is 3.56. The number of benzene rings is 2. The molecule has 8 nitrogen and oxygen atoms in total. The van der Waals surface area contributed by atoms with Gasteiger partial charge in [0.05, 0.1) is 11.5 Å². The molecule has 2 aromatic rings. The Labute approximate surface area is 171 Å². The van der Waals surface area contributed by atoms with Gasteiger partial charge in [-0.15, -0.1) is 0 Å². The first kappa shape index (κ1) is 21.5. The van der Waals surface area contributed by atoms with Crippen molar-refractivity contribution in [1.82, 2.24) is 4.90 Å². The molecule has 0 aliphatic rings. The van der Waals surface area contributed by atoms with E-state index in [9.17, 15) is 19.7 Å². The average Bonchev–Trinajstić information content (AvgIpc) is 2.63. The van der Waals surface area contributed by atoms with Gasteiger partial charge in [0.2, 0.25) is 11.8 Å². The van der Waals surface area contributed by atoms with Crippen LogP contribution in [-0.2, 0) is 9.59 Å². The topological polar surface area (TPSA) is 105 Å². The van der Waals surface area contributed by atoms with E-state index in [1.54, 1.807) is 11.9 Å². The molecule has 28 heavy (non-hydrogen) atoms. The molecule has 0 unspecified atom stereocenters. The highest BCUT2D eigenvalue weighted by molar-refractivity contribution is 9.10. The van der Waals surface area contributed by atoms with E-state index < -0.39 is 4.92 Å². The highest BCUT2D eigenvalue weighted by atomic mass is 79.9. The van der Waals surface area contributed by atoms with Gasteiger partial charge in [0.1, 0.15) is 0 Å². The number of aryl methyl sites for hydroxylation is 1. The summed E-state index contributed by atoms with van der Waals surface area (Å²) in [7, 11) is 1.76. The lowest BCUT2D eigenvalue weighted by atomic mass is 10.2. The van der Waals surface area contributed by atoms with Crippen molar-refractivity contribution in [2.75, 3.05) is 30.8 Å². The Kier molecular flexibility index (Phi) is 7.65. The molecule has 2 aromatic carbocycles. The van der Waals surface area contributed by atoms with Crippen LogP contribution in [0, 0.1) is 17.0 Å². The van der Waals surface area contributed by atoms with Crippen LogP contribution in [0.25, 0.3) is 0 Å². The summed E-state index contributed by atoms with van der Waals surface area (Å²) >= 11 is 3.38. The van der Waals surface area contributed by atoms with E-state index in [2.05, 4.69) is 26.6 Å². The smallest absolute Gasteiger partial charge is 0.269 e.